The van der Waals surface area contributed by atoms with Gasteiger partial charge < -0.3 is 10.4 Å². The number of nitrogens with one attached hydrogen (secondary N) is 1. The number of rotatable bonds is 2. The van der Waals surface area contributed by atoms with Gasteiger partial charge in [-0.25, -0.2) is 0 Å². The van der Waals surface area contributed by atoms with Crippen LogP contribution >= 0.6 is 11.6 Å². The topological polar surface area (TPSA) is 66.4 Å². The molecule has 86 valence electrons. The number of anilines is 1. The van der Waals surface area contributed by atoms with Crippen LogP contribution in [-0.4, -0.2) is 17.5 Å². The number of hydrogen-bond donors (Lipinski definition) is 2. The Hall–Kier alpha value is -1.81. The molecule has 1 rings (SSSR count). The van der Waals surface area contributed by atoms with Crippen LogP contribution in [0.5, 0.6) is 0 Å². The molecule has 16 heavy (non-hydrogen) atoms. The minimum absolute atomic E-state index is 0.231. The largest absolute Gasteiger partial charge is 0.483 e. The van der Waals surface area contributed by atoms with E-state index < -0.39 is 0 Å². The Morgan fingerprint density at radius 1 is 1.56 bits per heavy atom. The van der Waals surface area contributed by atoms with Crippen LogP contribution in [0.2, 0.25) is 5.02 Å². The first kappa shape index (κ1) is 14.2. The van der Waals surface area contributed by atoms with Crippen LogP contribution in [0.15, 0.2) is 30.9 Å². The number of aryl methyl sites for hydroxylation is 1. The highest BCUT2D eigenvalue weighted by Gasteiger charge is 2.01. The van der Waals surface area contributed by atoms with Gasteiger partial charge in [0.15, 0.2) is 0 Å². The molecule has 0 bridgehead atoms. The van der Waals surface area contributed by atoms with Gasteiger partial charge in [-0.2, -0.15) is 0 Å². The molecular formula is C11H12ClNO3. The van der Waals surface area contributed by atoms with Crippen LogP contribution < -0.4 is 5.32 Å². The second-order valence-electron chi connectivity index (χ2n) is 2.76. The summed E-state index contributed by atoms with van der Waals surface area (Å²) < 4.78 is 0. The maximum Gasteiger partial charge on any atom is 0.290 e. The molecule has 0 atom stereocenters. The zero-order chi connectivity index (χ0) is 12.6. The number of halogens is 1. The third-order valence-electron chi connectivity index (χ3n) is 1.64. The van der Waals surface area contributed by atoms with Crippen molar-refractivity contribution in [1.29, 1.82) is 0 Å². The summed E-state index contributed by atoms with van der Waals surface area (Å²) in [5.74, 6) is -0.231. The summed E-state index contributed by atoms with van der Waals surface area (Å²) in [5, 5.41) is 10.1. The van der Waals surface area contributed by atoms with Crippen LogP contribution in [0, 0.1) is 6.92 Å². The normalized spacial score (nSPS) is 8.38. The van der Waals surface area contributed by atoms with E-state index in [9.17, 15) is 4.79 Å². The SMILES string of the molecule is C=CC(=O)Nc1cc(Cl)ccc1C.O=CO. The van der Waals surface area contributed by atoms with Crippen molar-refractivity contribution < 1.29 is 14.7 Å². The third-order valence-corrected chi connectivity index (χ3v) is 1.88. The molecule has 5 heteroatoms. The van der Waals surface area contributed by atoms with Gasteiger partial charge >= 0.3 is 0 Å². The number of hydrogen-bond acceptors (Lipinski definition) is 2. The highest BCUT2D eigenvalue weighted by molar-refractivity contribution is 6.31. The number of carbonyl (C=O) groups is 2. The fourth-order valence-corrected chi connectivity index (χ4v) is 1.08. The lowest BCUT2D eigenvalue weighted by molar-refractivity contribution is -0.122. The van der Waals surface area contributed by atoms with Gasteiger partial charge in [-0.05, 0) is 30.7 Å². The molecule has 0 aromatic heterocycles. The molecule has 0 unspecified atom stereocenters. The lowest BCUT2D eigenvalue weighted by atomic mass is 10.2. The summed E-state index contributed by atoms with van der Waals surface area (Å²) in [6, 6.07) is 5.33. The van der Waals surface area contributed by atoms with Crippen molar-refractivity contribution in [2.75, 3.05) is 5.32 Å². The molecular weight excluding hydrogens is 230 g/mol. The maximum atomic E-state index is 11.0. The van der Waals surface area contributed by atoms with Gasteiger partial charge in [0.1, 0.15) is 0 Å². The molecule has 0 spiro atoms. The van der Waals surface area contributed by atoms with Crippen LogP contribution in [0.3, 0.4) is 0 Å². The molecule has 0 aliphatic heterocycles. The summed E-state index contributed by atoms with van der Waals surface area (Å²) >= 11 is 5.77. The fraction of sp³-hybridized carbons (Fsp3) is 0.0909. The summed E-state index contributed by atoms with van der Waals surface area (Å²) in [7, 11) is 0. The van der Waals surface area contributed by atoms with Gasteiger partial charge in [0.25, 0.3) is 6.47 Å². The summed E-state index contributed by atoms with van der Waals surface area (Å²) in [4.78, 5) is 19.3. The van der Waals surface area contributed by atoms with Crippen LogP contribution in [-0.2, 0) is 9.59 Å². The summed E-state index contributed by atoms with van der Waals surface area (Å²) in [6.07, 6.45) is 1.22. The Balaban J connectivity index is 0.000000673. The van der Waals surface area contributed by atoms with Crippen molar-refractivity contribution in [3.05, 3.63) is 41.4 Å². The fourth-order valence-electron chi connectivity index (χ4n) is 0.913. The van der Waals surface area contributed by atoms with Crippen molar-refractivity contribution in [1.82, 2.24) is 0 Å². The Morgan fingerprint density at radius 2 is 2.12 bits per heavy atom. The molecule has 2 N–H and O–H groups in total. The van der Waals surface area contributed by atoms with Crippen molar-refractivity contribution in [3.8, 4) is 0 Å². The van der Waals surface area contributed by atoms with Gasteiger partial charge in [-0.1, -0.05) is 24.2 Å². The smallest absolute Gasteiger partial charge is 0.290 e. The molecule has 0 saturated carbocycles. The Morgan fingerprint density at radius 3 is 2.62 bits per heavy atom. The highest BCUT2D eigenvalue weighted by Crippen LogP contribution is 2.19. The van der Waals surface area contributed by atoms with Crippen molar-refractivity contribution >= 4 is 29.7 Å². The monoisotopic (exact) mass is 241 g/mol. The predicted octanol–water partition coefficient (Wildman–Crippen LogP) is 2.47. The highest BCUT2D eigenvalue weighted by atomic mass is 35.5. The van der Waals surface area contributed by atoms with Gasteiger partial charge in [0, 0.05) is 10.7 Å². The number of benzene rings is 1. The molecule has 0 radical (unpaired) electrons. The number of amides is 1. The lowest BCUT2D eigenvalue weighted by Gasteiger charge is -2.05. The molecule has 0 aliphatic rings. The minimum atomic E-state index is -0.250. The van der Waals surface area contributed by atoms with Crippen molar-refractivity contribution in [2.24, 2.45) is 0 Å². The van der Waals surface area contributed by atoms with Crippen LogP contribution in [0.25, 0.3) is 0 Å². The second-order valence-corrected chi connectivity index (χ2v) is 3.19. The van der Waals surface area contributed by atoms with E-state index in [4.69, 9.17) is 21.5 Å². The van der Waals surface area contributed by atoms with Gasteiger partial charge in [-0.3, -0.25) is 9.59 Å². The van der Waals surface area contributed by atoms with E-state index in [-0.39, 0.29) is 12.4 Å². The van der Waals surface area contributed by atoms with E-state index >= 15 is 0 Å². The molecule has 1 amide bonds. The number of carboxylic acid groups (broad SMARTS) is 1. The molecule has 1 aromatic carbocycles. The van der Waals surface area contributed by atoms with E-state index in [0.29, 0.717) is 5.02 Å². The van der Waals surface area contributed by atoms with E-state index in [2.05, 4.69) is 11.9 Å². The Kier molecular flexibility index (Phi) is 6.63. The van der Waals surface area contributed by atoms with Gasteiger partial charge in [0.05, 0.1) is 0 Å². The molecule has 0 saturated heterocycles. The van der Waals surface area contributed by atoms with Gasteiger partial charge in [0.2, 0.25) is 5.91 Å². The molecule has 4 nitrogen and oxygen atoms in total. The van der Waals surface area contributed by atoms with E-state index in [0.717, 1.165) is 11.3 Å². The molecule has 0 heterocycles. The number of carbonyl (C=O) groups excluding carboxylic acids is 1. The van der Waals surface area contributed by atoms with Crippen molar-refractivity contribution in [3.63, 3.8) is 0 Å². The Bertz CT molecular complexity index is 391. The first-order chi connectivity index (χ1) is 7.54. The average molecular weight is 242 g/mol. The van der Waals surface area contributed by atoms with Crippen LogP contribution in [0.4, 0.5) is 5.69 Å². The minimum Gasteiger partial charge on any atom is -0.483 e. The van der Waals surface area contributed by atoms with E-state index in [1.165, 1.54) is 6.08 Å². The molecule has 0 aliphatic carbocycles. The summed E-state index contributed by atoms with van der Waals surface area (Å²) in [6.45, 7) is 5.01. The second kappa shape index (κ2) is 7.48. The Labute approximate surface area is 98.5 Å². The lowest BCUT2D eigenvalue weighted by Crippen LogP contribution is -2.08. The molecule has 0 fully saturated rings. The first-order valence-electron chi connectivity index (χ1n) is 4.32. The quantitative estimate of drug-likeness (QED) is 0.618. The van der Waals surface area contributed by atoms with Crippen molar-refractivity contribution in [2.45, 2.75) is 6.92 Å². The van der Waals surface area contributed by atoms with E-state index in [1.54, 1.807) is 12.1 Å². The van der Waals surface area contributed by atoms with Gasteiger partial charge in [-0.15, -0.1) is 0 Å². The molecule has 1 aromatic rings. The average Bonchev–Trinajstić information content (AvgIpc) is 2.24. The zero-order valence-corrected chi connectivity index (χ0v) is 9.49. The first-order valence-corrected chi connectivity index (χ1v) is 4.70. The maximum absolute atomic E-state index is 11.0. The third kappa shape index (κ3) is 5.17. The summed E-state index contributed by atoms with van der Waals surface area (Å²) in [5.41, 5.74) is 1.69. The van der Waals surface area contributed by atoms with Crippen LogP contribution in [0.1, 0.15) is 5.56 Å². The standard InChI is InChI=1S/C10H10ClNO.CH2O2/c1-3-10(13)12-9-6-8(11)5-4-7(9)2;2-1-3/h3-6H,1H2,2H3,(H,12,13);1H,(H,2,3). The zero-order valence-electron chi connectivity index (χ0n) is 8.74. The van der Waals surface area contributed by atoms with E-state index in [1.807, 2.05) is 13.0 Å². The predicted molar refractivity (Wildman–Crippen MR) is 63.7 cm³/mol.